The van der Waals surface area contributed by atoms with E-state index in [4.69, 9.17) is 4.74 Å². The molecule has 1 aliphatic heterocycles. The summed E-state index contributed by atoms with van der Waals surface area (Å²) in [6.07, 6.45) is 3.43. The third kappa shape index (κ3) is 4.21. The van der Waals surface area contributed by atoms with Gasteiger partial charge in [-0.1, -0.05) is 39.0 Å². The Morgan fingerprint density at radius 2 is 2.05 bits per heavy atom. The zero-order chi connectivity index (χ0) is 15.1. The molecule has 1 aromatic rings. The molecule has 1 heterocycles. The summed E-state index contributed by atoms with van der Waals surface area (Å²) >= 11 is 0. The first-order valence-corrected chi connectivity index (χ1v) is 8.50. The largest absolute Gasteiger partial charge is 0.493 e. The van der Waals surface area contributed by atoms with Crippen LogP contribution in [0.1, 0.15) is 50.8 Å². The van der Waals surface area contributed by atoms with Gasteiger partial charge < -0.3 is 15.0 Å². The molecule has 0 radical (unpaired) electrons. The molecule has 21 heavy (non-hydrogen) atoms. The molecule has 2 rings (SSSR count). The lowest BCUT2D eigenvalue weighted by Gasteiger charge is -2.27. The number of hydrogen-bond acceptors (Lipinski definition) is 3. The van der Waals surface area contributed by atoms with Crippen LogP contribution in [0.4, 0.5) is 0 Å². The average molecular weight is 290 g/mol. The first-order valence-electron chi connectivity index (χ1n) is 8.50. The maximum atomic E-state index is 5.99. The number of nitrogens with zero attached hydrogens (tertiary/aromatic N) is 1. The Labute approximate surface area is 129 Å². The summed E-state index contributed by atoms with van der Waals surface area (Å²) in [7, 11) is 0. The molecule has 0 aliphatic carbocycles. The van der Waals surface area contributed by atoms with Crippen molar-refractivity contribution in [3.8, 4) is 5.75 Å². The summed E-state index contributed by atoms with van der Waals surface area (Å²) < 4.78 is 5.99. The minimum Gasteiger partial charge on any atom is -0.493 e. The molecule has 1 N–H and O–H groups in total. The molecule has 0 saturated heterocycles. The highest BCUT2D eigenvalue weighted by molar-refractivity contribution is 5.44. The molecule has 1 aliphatic rings. The lowest BCUT2D eigenvalue weighted by Crippen LogP contribution is -2.30. The number of para-hydroxylation sites is 1. The SMILES string of the molecule is CCNC(CCN(CC)CC)c1cccc2c1OCCC2. The Morgan fingerprint density at radius 1 is 1.24 bits per heavy atom. The number of fused-ring (bicyclic) bond motifs is 1. The van der Waals surface area contributed by atoms with Crippen LogP contribution in [0, 0.1) is 0 Å². The first-order chi connectivity index (χ1) is 10.3. The molecule has 0 amide bonds. The number of nitrogens with one attached hydrogen (secondary N) is 1. The highest BCUT2D eigenvalue weighted by Crippen LogP contribution is 2.34. The highest BCUT2D eigenvalue weighted by atomic mass is 16.5. The van der Waals surface area contributed by atoms with Gasteiger partial charge in [0.25, 0.3) is 0 Å². The summed E-state index contributed by atoms with van der Waals surface area (Å²) in [6.45, 7) is 11.9. The second kappa shape index (κ2) is 8.40. The second-order valence-corrected chi connectivity index (χ2v) is 5.71. The fourth-order valence-corrected chi connectivity index (χ4v) is 3.15. The third-order valence-corrected chi connectivity index (χ3v) is 4.42. The first kappa shape index (κ1) is 16.3. The summed E-state index contributed by atoms with van der Waals surface area (Å²) in [6, 6.07) is 7.03. The van der Waals surface area contributed by atoms with Crippen LogP contribution in [-0.2, 0) is 6.42 Å². The maximum Gasteiger partial charge on any atom is 0.127 e. The number of rotatable bonds is 8. The Bertz CT molecular complexity index is 429. The molecule has 3 heteroatoms. The minimum atomic E-state index is 0.392. The summed E-state index contributed by atoms with van der Waals surface area (Å²) in [4.78, 5) is 2.49. The molecular formula is C18H30N2O. The highest BCUT2D eigenvalue weighted by Gasteiger charge is 2.20. The van der Waals surface area contributed by atoms with Crippen molar-refractivity contribution in [1.29, 1.82) is 0 Å². The van der Waals surface area contributed by atoms with Gasteiger partial charge in [0, 0.05) is 11.6 Å². The molecule has 0 saturated carbocycles. The fourth-order valence-electron chi connectivity index (χ4n) is 3.15. The Balaban J connectivity index is 2.14. The predicted molar refractivity (Wildman–Crippen MR) is 89.1 cm³/mol. The molecule has 0 bridgehead atoms. The van der Waals surface area contributed by atoms with E-state index in [9.17, 15) is 0 Å². The van der Waals surface area contributed by atoms with Crippen molar-refractivity contribution < 1.29 is 4.74 Å². The Kier molecular flexibility index (Phi) is 6.52. The molecule has 3 nitrogen and oxygen atoms in total. The van der Waals surface area contributed by atoms with Crippen molar-refractivity contribution in [3.05, 3.63) is 29.3 Å². The molecular weight excluding hydrogens is 260 g/mol. The third-order valence-electron chi connectivity index (χ3n) is 4.42. The van der Waals surface area contributed by atoms with Gasteiger partial charge in [-0.2, -0.15) is 0 Å². The number of ether oxygens (including phenoxy) is 1. The van der Waals surface area contributed by atoms with Gasteiger partial charge in [0.2, 0.25) is 0 Å². The molecule has 0 spiro atoms. The summed E-state index contributed by atoms with van der Waals surface area (Å²) in [5.41, 5.74) is 2.73. The standard InChI is InChI=1S/C18H30N2O/c1-4-19-17(12-13-20(5-2)6-3)16-11-7-9-15-10-8-14-21-18(15)16/h7,9,11,17,19H,4-6,8,10,12-14H2,1-3H3. The van der Waals surface area contributed by atoms with Gasteiger partial charge in [0.15, 0.2) is 0 Å². The smallest absolute Gasteiger partial charge is 0.127 e. The van der Waals surface area contributed by atoms with E-state index in [2.05, 4.69) is 49.2 Å². The Hall–Kier alpha value is -1.06. The van der Waals surface area contributed by atoms with Crippen LogP contribution in [0.3, 0.4) is 0 Å². The lowest BCUT2D eigenvalue weighted by molar-refractivity contribution is 0.267. The van der Waals surface area contributed by atoms with Crippen molar-refractivity contribution in [3.63, 3.8) is 0 Å². The van der Waals surface area contributed by atoms with Crippen LogP contribution in [0.15, 0.2) is 18.2 Å². The number of hydrogen-bond donors (Lipinski definition) is 1. The summed E-state index contributed by atoms with van der Waals surface area (Å²) in [5, 5.41) is 3.65. The Morgan fingerprint density at radius 3 is 2.76 bits per heavy atom. The normalized spacial score (nSPS) is 15.6. The van der Waals surface area contributed by atoms with E-state index in [1.54, 1.807) is 0 Å². The zero-order valence-electron chi connectivity index (χ0n) is 13.8. The molecule has 1 aromatic carbocycles. The van der Waals surface area contributed by atoms with Gasteiger partial charge in [0.05, 0.1) is 6.61 Å². The van der Waals surface area contributed by atoms with Crippen LogP contribution in [0.2, 0.25) is 0 Å². The van der Waals surface area contributed by atoms with Crippen molar-refractivity contribution in [2.24, 2.45) is 0 Å². The van der Waals surface area contributed by atoms with E-state index >= 15 is 0 Å². The van der Waals surface area contributed by atoms with E-state index in [-0.39, 0.29) is 0 Å². The number of benzene rings is 1. The minimum absolute atomic E-state index is 0.392. The van der Waals surface area contributed by atoms with Crippen LogP contribution >= 0.6 is 0 Å². The van der Waals surface area contributed by atoms with Crippen molar-refractivity contribution in [1.82, 2.24) is 10.2 Å². The van der Waals surface area contributed by atoms with Crippen molar-refractivity contribution >= 4 is 0 Å². The zero-order valence-corrected chi connectivity index (χ0v) is 13.8. The van der Waals surface area contributed by atoms with E-state index in [0.717, 1.165) is 57.8 Å². The predicted octanol–water partition coefficient (Wildman–Crippen LogP) is 3.39. The second-order valence-electron chi connectivity index (χ2n) is 5.71. The van der Waals surface area contributed by atoms with E-state index in [1.807, 2.05) is 0 Å². The molecule has 118 valence electrons. The lowest BCUT2D eigenvalue weighted by atomic mass is 9.96. The number of aryl methyl sites for hydroxylation is 1. The van der Waals surface area contributed by atoms with Gasteiger partial charge in [-0.3, -0.25) is 0 Å². The van der Waals surface area contributed by atoms with Crippen molar-refractivity contribution in [2.45, 2.75) is 46.1 Å². The summed E-state index contributed by atoms with van der Waals surface area (Å²) in [5.74, 6) is 1.15. The molecule has 1 atom stereocenters. The van der Waals surface area contributed by atoms with Crippen LogP contribution < -0.4 is 10.1 Å². The van der Waals surface area contributed by atoms with Gasteiger partial charge in [0.1, 0.15) is 5.75 Å². The fraction of sp³-hybridized carbons (Fsp3) is 0.667. The van der Waals surface area contributed by atoms with Crippen molar-refractivity contribution in [2.75, 3.05) is 32.8 Å². The molecule has 1 unspecified atom stereocenters. The van der Waals surface area contributed by atoms with Gasteiger partial charge in [-0.25, -0.2) is 0 Å². The van der Waals surface area contributed by atoms with Gasteiger partial charge in [-0.15, -0.1) is 0 Å². The van der Waals surface area contributed by atoms with E-state index < -0.39 is 0 Å². The van der Waals surface area contributed by atoms with E-state index in [1.165, 1.54) is 11.1 Å². The monoisotopic (exact) mass is 290 g/mol. The van der Waals surface area contributed by atoms with Crippen LogP contribution in [-0.4, -0.2) is 37.7 Å². The van der Waals surface area contributed by atoms with Gasteiger partial charge >= 0.3 is 0 Å². The average Bonchev–Trinajstić information content (AvgIpc) is 2.54. The molecule has 0 aromatic heterocycles. The van der Waals surface area contributed by atoms with E-state index in [0.29, 0.717) is 6.04 Å². The maximum absolute atomic E-state index is 5.99. The van der Waals surface area contributed by atoms with Crippen LogP contribution in [0.25, 0.3) is 0 Å². The molecule has 0 fully saturated rings. The van der Waals surface area contributed by atoms with Crippen LogP contribution in [0.5, 0.6) is 5.75 Å². The van der Waals surface area contributed by atoms with Gasteiger partial charge in [-0.05, 0) is 51.0 Å². The topological polar surface area (TPSA) is 24.5 Å². The quantitative estimate of drug-likeness (QED) is 0.794.